The zero-order chi connectivity index (χ0) is 45.9. The Morgan fingerprint density at radius 3 is 0.773 bits per heavy atom. The van der Waals surface area contributed by atoms with Gasteiger partial charge in [-0.1, -0.05) is 137 Å². The van der Waals surface area contributed by atoms with Gasteiger partial charge in [0.25, 0.3) is 0 Å². The van der Waals surface area contributed by atoms with E-state index < -0.39 is 0 Å². The van der Waals surface area contributed by atoms with Crippen LogP contribution in [0, 0.1) is 13.8 Å². The zero-order valence-corrected chi connectivity index (χ0v) is 43.4. The van der Waals surface area contributed by atoms with Crippen molar-refractivity contribution in [1.29, 1.82) is 0 Å². The van der Waals surface area contributed by atoms with Crippen LogP contribution >= 0.6 is 31.9 Å². The van der Waals surface area contributed by atoms with Gasteiger partial charge in [0.2, 0.25) is 27.2 Å². The Morgan fingerprint density at radius 1 is 0.348 bits per heavy atom. The lowest BCUT2D eigenvalue weighted by Crippen LogP contribution is -2.25. The molecule has 0 N–H and O–H groups in total. The summed E-state index contributed by atoms with van der Waals surface area (Å²) < 4.78 is 54.9. The van der Waals surface area contributed by atoms with Crippen LogP contribution in [0.2, 0.25) is 0 Å². The fourth-order valence-electron chi connectivity index (χ4n) is 11.8. The molecule has 0 saturated carbocycles. The minimum absolute atomic E-state index is 0.0113. The van der Waals surface area contributed by atoms with Crippen molar-refractivity contribution in [3.05, 3.63) is 91.0 Å². The summed E-state index contributed by atoms with van der Waals surface area (Å²) in [5, 5.41) is 1.12. The number of rotatable bonds is 18. The Hall–Kier alpha value is -3.76. The SMILES string of the molecule is CCCCCC1c2cc3c4c(C)c2OCOc2c1cc1c(c2CBr)OCOc2c(cc5c(c2C)OCOc2c(cc(c(c2CBr)OCO4)C3CCCCC)C5CCCCC)C1CCCCC. The van der Waals surface area contributed by atoms with E-state index in [1.165, 1.54) is 44.5 Å². The largest absolute Gasteiger partial charge is 0.457 e. The maximum absolute atomic E-state index is 6.87. The van der Waals surface area contributed by atoms with Crippen molar-refractivity contribution < 1.29 is 37.9 Å². The molecule has 4 heterocycles. The van der Waals surface area contributed by atoms with Gasteiger partial charge in [-0.25, -0.2) is 0 Å². The van der Waals surface area contributed by atoms with Crippen molar-refractivity contribution in [2.24, 2.45) is 0 Å². The quantitative estimate of drug-likeness (QED) is 0.0721. The van der Waals surface area contributed by atoms with Crippen LogP contribution in [0.5, 0.6) is 46.0 Å². The van der Waals surface area contributed by atoms with E-state index in [-0.39, 0.29) is 50.8 Å². The second kappa shape index (κ2) is 21.3. The summed E-state index contributed by atoms with van der Waals surface area (Å²) in [5.74, 6) is 6.78. The van der Waals surface area contributed by atoms with Crippen LogP contribution in [0.3, 0.4) is 0 Å². The lowest BCUT2D eigenvalue weighted by molar-refractivity contribution is 0.0955. The molecule has 356 valence electrons. The van der Waals surface area contributed by atoms with Crippen molar-refractivity contribution >= 4 is 31.9 Å². The van der Waals surface area contributed by atoms with E-state index in [0.717, 1.165) is 171 Å². The molecule has 4 aliphatic heterocycles. The van der Waals surface area contributed by atoms with Gasteiger partial charge in [0, 0.05) is 101 Å². The molecule has 0 radical (unpaired) electrons. The molecule has 8 nitrogen and oxygen atoms in total. The molecule has 4 aromatic carbocycles. The molecule has 0 spiro atoms. The van der Waals surface area contributed by atoms with Crippen molar-refractivity contribution in [3.8, 4) is 46.0 Å². The summed E-state index contributed by atoms with van der Waals surface area (Å²) in [7, 11) is 0. The van der Waals surface area contributed by atoms with Gasteiger partial charge in [0.1, 0.15) is 46.0 Å². The monoisotopic (exact) mass is 1030 g/mol. The van der Waals surface area contributed by atoms with Gasteiger partial charge in [0.05, 0.1) is 0 Å². The molecule has 10 heteroatoms. The number of benzene rings is 4. The normalized spacial score (nSPS) is 19.5. The molecule has 4 unspecified atom stereocenters. The van der Waals surface area contributed by atoms with Gasteiger partial charge in [0.15, 0.2) is 0 Å². The number of unbranched alkanes of at least 4 members (excludes halogenated alkanes) is 8. The highest BCUT2D eigenvalue weighted by atomic mass is 79.9. The van der Waals surface area contributed by atoms with Gasteiger partial charge in [-0.3, -0.25) is 0 Å². The Labute approximate surface area is 410 Å². The van der Waals surface area contributed by atoms with E-state index in [9.17, 15) is 0 Å². The average molecular weight is 1030 g/mol. The van der Waals surface area contributed by atoms with E-state index >= 15 is 0 Å². The average Bonchev–Trinajstić information content (AvgIpc) is 3.30. The summed E-state index contributed by atoms with van der Waals surface area (Å²) in [4.78, 5) is 0. The number of alkyl halides is 2. The Morgan fingerprint density at radius 2 is 0.561 bits per heavy atom. The molecule has 0 saturated heterocycles. The van der Waals surface area contributed by atoms with Crippen LogP contribution in [0.25, 0.3) is 0 Å². The summed E-state index contributed by atoms with van der Waals surface area (Å²) in [6.45, 7) is 13.7. The van der Waals surface area contributed by atoms with Gasteiger partial charge in [-0.2, -0.15) is 0 Å². The highest BCUT2D eigenvalue weighted by Crippen LogP contribution is 2.58. The summed E-state index contributed by atoms with van der Waals surface area (Å²) in [6.07, 6.45) is 17.1. The first-order valence-corrected chi connectivity index (χ1v) is 27.5. The molecular formula is C56H70Br2O8. The predicted octanol–water partition coefficient (Wildman–Crippen LogP) is 16.2. The first kappa shape index (κ1) is 47.3. The fourth-order valence-corrected chi connectivity index (χ4v) is 12.8. The number of hydrogen-bond donors (Lipinski definition) is 0. The van der Waals surface area contributed by atoms with Gasteiger partial charge in [-0.05, 0) is 63.8 Å². The molecule has 0 aromatic heterocycles. The van der Waals surface area contributed by atoms with E-state index in [0.29, 0.717) is 10.7 Å². The summed E-state index contributed by atoms with van der Waals surface area (Å²) in [6, 6.07) is 9.91. The number of ether oxygens (including phenoxy) is 8. The van der Waals surface area contributed by atoms with E-state index in [1.54, 1.807) is 0 Å². The van der Waals surface area contributed by atoms with Crippen LogP contribution in [-0.4, -0.2) is 27.2 Å². The third-order valence-electron chi connectivity index (χ3n) is 15.1. The molecule has 4 atom stereocenters. The van der Waals surface area contributed by atoms with Gasteiger partial charge >= 0.3 is 0 Å². The minimum Gasteiger partial charge on any atom is -0.457 e. The standard InChI is InChI=1S/C56H70Br2O8/c1-7-11-15-19-35-39-23-40-36(20-16-12-8-2)45-26-46-38(22-18-14-10-4)42-24-41-37(21-17-13-9-3)44-25-43(35)53-47(27-57)54(44)64-31-61-51(41)34(6)52(42)62-32-66-56(46)48(28-58)55(45)65-30-60-50(40)33(5)49(39)59-29-63-53/h23-26,35-38H,7-22,27-32H2,1-6H3. The van der Waals surface area contributed by atoms with Crippen molar-refractivity contribution in [2.75, 3.05) is 27.2 Å². The van der Waals surface area contributed by atoms with Gasteiger partial charge in [-0.15, -0.1) is 0 Å². The fraction of sp³-hybridized carbons (Fsp3) is 0.571. The van der Waals surface area contributed by atoms with E-state index in [4.69, 9.17) is 37.9 Å². The summed E-state index contributed by atoms with van der Waals surface area (Å²) in [5.41, 5.74) is 13.7. The van der Waals surface area contributed by atoms with Crippen LogP contribution in [0.15, 0.2) is 24.3 Å². The highest BCUT2D eigenvalue weighted by molar-refractivity contribution is 9.08. The van der Waals surface area contributed by atoms with Crippen LogP contribution in [0.1, 0.15) is 221 Å². The van der Waals surface area contributed by atoms with Crippen LogP contribution < -0.4 is 37.9 Å². The Kier molecular flexibility index (Phi) is 15.2. The van der Waals surface area contributed by atoms with Gasteiger partial charge < -0.3 is 37.9 Å². The molecular weight excluding hydrogens is 960 g/mol. The van der Waals surface area contributed by atoms with E-state index in [2.05, 4.69) is 97.7 Å². The second-order valence-electron chi connectivity index (χ2n) is 19.1. The van der Waals surface area contributed by atoms with Crippen LogP contribution in [0.4, 0.5) is 0 Å². The zero-order valence-electron chi connectivity index (χ0n) is 40.2. The molecule has 0 fully saturated rings. The molecule has 66 heavy (non-hydrogen) atoms. The first-order chi connectivity index (χ1) is 32.4. The smallest absolute Gasteiger partial charge is 0.230 e. The molecule has 8 bridgehead atoms. The molecule has 4 aromatic rings. The molecule has 0 amide bonds. The predicted molar refractivity (Wildman–Crippen MR) is 269 cm³/mol. The minimum atomic E-state index is -0.0113. The lowest BCUT2D eigenvalue weighted by atomic mass is 9.74. The van der Waals surface area contributed by atoms with E-state index in [1.807, 2.05) is 0 Å². The number of hydrogen-bond acceptors (Lipinski definition) is 8. The van der Waals surface area contributed by atoms with Crippen LogP contribution in [-0.2, 0) is 10.7 Å². The lowest BCUT2D eigenvalue weighted by Gasteiger charge is -2.37. The topological polar surface area (TPSA) is 73.8 Å². The highest BCUT2D eigenvalue weighted by Gasteiger charge is 2.40. The van der Waals surface area contributed by atoms with Crippen molar-refractivity contribution in [3.63, 3.8) is 0 Å². The summed E-state index contributed by atoms with van der Waals surface area (Å²) >= 11 is 7.96. The Bertz CT molecular complexity index is 2080. The maximum Gasteiger partial charge on any atom is 0.230 e. The second-order valence-corrected chi connectivity index (χ2v) is 20.3. The molecule has 9 rings (SSSR count). The maximum atomic E-state index is 6.87. The molecule has 1 aliphatic carbocycles. The third kappa shape index (κ3) is 8.66. The first-order valence-electron chi connectivity index (χ1n) is 25.3. The van der Waals surface area contributed by atoms with Crippen molar-refractivity contribution in [1.82, 2.24) is 0 Å². The van der Waals surface area contributed by atoms with Crippen molar-refractivity contribution in [2.45, 2.75) is 179 Å². The Balaban J connectivity index is 1.46. The third-order valence-corrected chi connectivity index (χ3v) is 16.2. The number of halogens is 2. The molecule has 5 aliphatic rings.